The van der Waals surface area contributed by atoms with Crippen molar-refractivity contribution >= 4 is 34.3 Å². The lowest BCUT2D eigenvalue weighted by atomic mass is 10.0. The first-order valence-corrected chi connectivity index (χ1v) is 7.28. The number of likely N-dealkylation sites (N-methyl/N-ethyl adjacent to an activating group) is 1. The predicted octanol–water partition coefficient (Wildman–Crippen LogP) is 4.27. The number of rotatable bonds is 4. The molecule has 4 heteroatoms. The lowest BCUT2D eigenvalue weighted by Crippen LogP contribution is -2.18. The minimum atomic E-state index is 0.390. The smallest absolute Gasteiger partial charge is 0.0931 e. The van der Waals surface area contributed by atoms with E-state index in [0.29, 0.717) is 6.04 Å². The van der Waals surface area contributed by atoms with Gasteiger partial charge in [-0.1, -0.05) is 11.6 Å². The Morgan fingerprint density at radius 1 is 1.38 bits per heavy atom. The van der Waals surface area contributed by atoms with Crippen molar-refractivity contribution in [1.82, 2.24) is 5.32 Å². The first-order valence-electron chi connectivity index (χ1n) is 5.15. The van der Waals surface area contributed by atoms with Gasteiger partial charge in [0.1, 0.15) is 0 Å². The van der Waals surface area contributed by atoms with Crippen molar-refractivity contribution in [3.63, 3.8) is 0 Å². The van der Waals surface area contributed by atoms with Crippen LogP contribution in [0, 0.1) is 6.92 Å². The molecule has 0 fully saturated rings. The molecule has 0 aliphatic rings. The van der Waals surface area contributed by atoms with E-state index in [1.165, 1.54) is 16.0 Å². The van der Waals surface area contributed by atoms with Crippen molar-refractivity contribution in [3.05, 3.63) is 43.2 Å². The molecule has 1 nitrogen and oxygen atoms in total. The van der Waals surface area contributed by atoms with Crippen LogP contribution in [-0.4, -0.2) is 7.05 Å². The highest BCUT2D eigenvalue weighted by molar-refractivity contribution is 7.16. The molecular formula is C12H14ClNS2. The number of hydrogen-bond donors (Lipinski definition) is 1. The van der Waals surface area contributed by atoms with Gasteiger partial charge in [0.05, 0.1) is 4.34 Å². The fraction of sp³-hybridized carbons (Fsp3) is 0.333. The molecule has 0 aromatic carbocycles. The number of aryl methyl sites for hydroxylation is 1. The summed E-state index contributed by atoms with van der Waals surface area (Å²) in [6.07, 6.45) is 1.01. The Balaban J connectivity index is 2.15. The van der Waals surface area contributed by atoms with E-state index in [2.05, 4.69) is 29.1 Å². The Morgan fingerprint density at radius 2 is 2.19 bits per heavy atom. The Morgan fingerprint density at radius 3 is 2.69 bits per heavy atom. The van der Waals surface area contributed by atoms with Gasteiger partial charge in [-0.3, -0.25) is 0 Å². The summed E-state index contributed by atoms with van der Waals surface area (Å²) in [5, 5.41) is 7.80. The number of thiophene rings is 2. The van der Waals surface area contributed by atoms with Crippen molar-refractivity contribution in [2.45, 2.75) is 19.4 Å². The molecule has 0 bridgehead atoms. The SMILES string of the molecule is CNC(Cc1ccc(Cl)s1)c1cscc1C. The predicted molar refractivity (Wildman–Crippen MR) is 73.9 cm³/mol. The molecule has 1 unspecified atom stereocenters. The van der Waals surface area contributed by atoms with Crippen molar-refractivity contribution in [2.24, 2.45) is 0 Å². The van der Waals surface area contributed by atoms with Crippen molar-refractivity contribution in [2.75, 3.05) is 7.05 Å². The largest absolute Gasteiger partial charge is 0.313 e. The summed E-state index contributed by atoms with van der Waals surface area (Å²) in [6.45, 7) is 2.16. The maximum Gasteiger partial charge on any atom is 0.0931 e. The molecule has 0 aliphatic heterocycles. The first-order chi connectivity index (χ1) is 7.70. The first kappa shape index (κ1) is 12.1. The van der Waals surface area contributed by atoms with Gasteiger partial charge in [-0.15, -0.1) is 11.3 Å². The van der Waals surface area contributed by atoms with Crippen LogP contribution < -0.4 is 5.32 Å². The third-order valence-corrected chi connectivity index (χ3v) is 4.79. The van der Waals surface area contributed by atoms with Crippen LogP contribution in [-0.2, 0) is 6.42 Å². The zero-order valence-corrected chi connectivity index (χ0v) is 11.7. The fourth-order valence-electron chi connectivity index (χ4n) is 1.76. The number of halogens is 1. The molecule has 2 rings (SSSR count). The maximum atomic E-state index is 5.94. The van der Waals surface area contributed by atoms with E-state index >= 15 is 0 Å². The van der Waals surface area contributed by atoms with Crippen LogP contribution in [0.1, 0.15) is 22.0 Å². The van der Waals surface area contributed by atoms with Crippen molar-refractivity contribution in [3.8, 4) is 0 Å². The van der Waals surface area contributed by atoms with E-state index in [0.717, 1.165) is 10.8 Å². The summed E-state index contributed by atoms with van der Waals surface area (Å²) in [6, 6.07) is 4.47. The molecule has 0 aliphatic carbocycles. The molecule has 0 radical (unpaired) electrons. The van der Waals surface area contributed by atoms with Gasteiger partial charge in [-0.25, -0.2) is 0 Å². The third-order valence-electron chi connectivity index (χ3n) is 2.65. The van der Waals surface area contributed by atoms with Crippen LogP contribution in [0.2, 0.25) is 4.34 Å². The Bertz CT molecular complexity index is 461. The van der Waals surface area contributed by atoms with Crippen LogP contribution in [0.4, 0.5) is 0 Å². The van der Waals surface area contributed by atoms with Gasteiger partial charge in [0, 0.05) is 17.3 Å². The van der Waals surface area contributed by atoms with Gasteiger partial charge < -0.3 is 5.32 Å². The van der Waals surface area contributed by atoms with E-state index in [1.54, 1.807) is 22.7 Å². The normalized spacial score (nSPS) is 12.9. The monoisotopic (exact) mass is 271 g/mol. The molecule has 0 amide bonds. The summed E-state index contributed by atoms with van der Waals surface area (Å²) in [5.74, 6) is 0. The zero-order chi connectivity index (χ0) is 11.5. The molecule has 1 atom stereocenters. The number of hydrogen-bond acceptors (Lipinski definition) is 3. The standard InChI is InChI=1S/C12H14ClNS2/c1-8-6-15-7-10(8)11(14-2)5-9-3-4-12(13)16-9/h3-4,6-7,11,14H,5H2,1-2H3. The van der Waals surface area contributed by atoms with Gasteiger partial charge in [0.2, 0.25) is 0 Å². The third kappa shape index (κ3) is 2.66. The highest BCUT2D eigenvalue weighted by Gasteiger charge is 2.14. The van der Waals surface area contributed by atoms with Gasteiger partial charge in [-0.2, -0.15) is 11.3 Å². The van der Waals surface area contributed by atoms with E-state index < -0.39 is 0 Å². The minimum absolute atomic E-state index is 0.390. The fourth-order valence-corrected chi connectivity index (χ4v) is 3.80. The summed E-state index contributed by atoms with van der Waals surface area (Å²) in [7, 11) is 2.01. The van der Waals surface area contributed by atoms with Crippen LogP contribution in [0.15, 0.2) is 22.9 Å². The van der Waals surface area contributed by atoms with E-state index in [4.69, 9.17) is 11.6 Å². The second-order valence-corrected chi connectivity index (χ2v) is 6.30. The lowest BCUT2D eigenvalue weighted by Gasteiger charge is -2.15. The summed E-state index contributed by atoms with van der Waals surface area (Å²) in [5.41, 5.74) is 2.77. The topological polar surface area (TPSA) is 12.0 Å². The molecule has 2 aromatic rings. The number of nitrogens with one attached hydrogen (secondary N) is 1. The Labute approximate surface area is 109 Å². The minimum Gasteiger partial charge on any atom is -0.313 e. The van der Waals surface area contributed by atoms with E-state index in [1.807, 2.05) is 13.1 Å². The van der Waals surface area contributed by atoms with Crippen LogP contribution in [0.3, 0.4) is 0 Å². The van der Waals surface area contributed by atoms with Crippen molar-refractivity contribution < 1.29 is 0 Å². The molecule has 0 spiro atoms. The lowest BCUT2D eigenvalue weighted by molar-refractivity contribution is 0.595. The van der Waals surface area contributed by atoms with Gasteiger partial charge in [0.25, 0.3) is 0 Å². The highest BCUT2D eigenvalue weighted by Crippen LogP contribution is 2.29. The van der Waals surface area contributed by atoms with E-state index in [9.17, 15) is 0 Å². The van der Waals surface area contributed by atoms with Crippen molar-refractivity contribution in [1.29, 1.82) is 0 Å². The van der Waals surface area contributed by atoms with Crippen LogP contribution >= 0.6 is 34.3 Å². The van der Waals surface area contributed by atoms with Gasteiger partial charge >= 0.3 is 0 Å². The summed E-state index contributed by atoms with van der Waals surface area (Å²) in [4.78, 5) is 1.33. The average Bonchev–Trinajstić information content (AvgIpc) is 2.84. The molecule has 2 heterocycles. The highest BCUT2D eigenvalue weighted by atomic mass is 35.5. The molecule has 2 aromatic heterocycles. The second-order valence-electron chi connectivity index (χ2n) is 3.76. The molecule has 1 N–H and O–H groups in total. The second kappa shape index (κ2) is 5.32. The zero-order valence-electron chi connectivity index (χ0n) is 9.29. The molecule has 16 heavy (non-hydrogen) atoms. The van der Waals surface area contributed by atoms with E-state index in [-0.39, 0.29) is 0 Å². The molecule has 0 saturated heterocycles. The summed E-state index contributed by atoms with van der Waals surface area (Å²) < 4.78 is 0.867. The Kier molecular flexibility index (Phi) is 4.03. The maximum absolute atomic E-state index is 5.94. The van der Waals surface area contributed by atoms with Gasteiger partial charge in [-0.05, 0) is 48.0 Å². The molecule has 86 valence electrons. The average molecular weight is 272 g/mol. The molecule has 0 saturated carbocycles. The molecular weight excluding hydrogens is 258 g/mol. The summed E-state index contributed by atoms with van der Waals surface area (Å²) >= 11 is 9.37. The van der Waals surface area contributed by atoms with Gasteiger partial charge in [0.15, 0.2) is 0 Å². The van der Waals surface area contributed by atoms with Crippen LogP contribution in [0.5, 0.6) is 0 Å². The van der Waals surface area contributed by atoms with Crippen LogP contribution in [0.25, 0.3) is 0 Å². The Hall–Kier alpha value is -0.350. The quantitative estimate of drug-likeness (QED) is 0.875.